The zero-order valence-electron chi connectivity index (χ0n) is 28.4. The number of carbonyl (C=O) groups excluding carboxylic acids is 2. The third kappa shape index (κ3) is 8.07. The van der Waals surface area contributed by atoms with Crippen molar-refractivity contribution in [3.05, 3.63) is 41.0 Å². The van der Waals surface area contributed by atoms with E-state index in [1.807, 2.05) is 64.4 Å². The van der Waals surface area contributed by atoms with Gasteiger partial charge in [-0.15, -0.1) is 11.3 Å². The molecule has 0 spiro atoms. The molecule has 47 heavy (non-hydrogen) atoms. The Balaban J connectivity index is 1.15. The van der Waals surface area contributed by atoms with Gasteiger partial charge < -0.3 is 30.3 Å². The Morgan fingerprint density at radius 2 is 1.96 bits per heavy atom. The van der Waals surface area contributed by atoms with Gasteiger partial charge in [0, 0.05) is 31.0 Å². The molecule has 12 heteroatoms. The topological polar surface area (TPSA) is 147 Å². The van der Waals surface area contributed by atoms with Gasteiger partial charge >= 0.3 is 0 Å². The Labute approximate surface area is 282 Å². The molecule has 1 aromatic carbocycles. The highest BCUT2D eigenvalue weighted by Gasteiger charge is 2.49. The van der Waals surface area contributed by atoms with Crippen molar-refractivity contribution in [1.82, 2.24) is 25.4 Å². The Bertz CT molecular complexity index is 1360. The van der Waals surface area contributed by atoms with E-state index in [0.717, 1.165) is 53.9 Å². The molecule has 3 aliphatic rings. The van der Waals surface area contributed by atoms with Gasteiger partial charge in [0.15, 0.2) is 0 Å². The minimum absolute atomic E-state index is 0.0505. The van der Waals surface area contributed by atoms with Crippen LogP contribution in [0, 0.1) is 12.3 Å². The molecule has 0 aliphatic carbocycles. The van der Waals surface area contributed by atoms with E-state index in [4.69, 9.17) is 4.74 Å². The first-order valence-corrected chi connectivity index (χ1v) is 17.9. The number of aromatic nitrogens is 1. The smallest absolute Gasteiger partial charge is 0.243 e. The maximum Gasteiger partial charge on any atom is 0.243 e. The van der Waals surface area contributed by atoms with Gasteiger partial charge in [-0.25, -0.2) is 4.98 Å². The number of hydrogen-bond acceptors (Lipinski definition) is 10. The second-order valence-electron chi connectivity index (χ2n) is 14.7. The minimum atomic E-state index is -0.994. The highest BCUT2D eigenvalue weighted by Crippen LogP contribution is 2.42. The van der Waals surface area contributed by atoms with Crippen molar-refractivity contribution in [2.24, 2.45) is 5.41 Å². The lowest BCUT2D eigenvalue weighted by Crippen LogP contribution is -2.58. The molecule has 4 heterocycles. The molecule has 7 atom stereocenters. The van der Waals surface area contributed by atoms with E-state index in [1.54, 1.807) is 11.3 Å². The van der Waals surface area contributed by atoms with Crippen LogP contribution in [0.4, 0.5) is 0 Å². The van der Waals surface area contributed by atoms with Gasteiger partial charge in [-0.05, 0) is 62.6 Å². The summed E-state index contributed by atoms with van der Waals surface area (Å²) in [5, 5.41) is 37.6. The molecule has 2 amide bonds. The van der Waals surface area contributed by atoms with Crippen molar-refractivity contribution in [3.63, 3.8) is 0 Å². The molecule has 11 nitrogen and oxygen atoms in total. The Kier molecular flexibility index (Phi) is 11.4. The fraction of sp³-hybridized carbons (Fsp3) is 0.686. The number of aliphatic hydroxyl groups is 3. The van der Waals surface area contributed by atoms with Crippen LogP contribution in [0.1, 0.15) is 83.5 Å². The molecular formula is C35H53N5O6S. The maximum absolute atomic E-state index is 14.0. The molecule has 260 valence electrons. The summed E-state index contributed by atoms with van der Waals surface area (Å²) in [6.45, 7) is 11.7. The lowest BCUT2D eigenvalue weighted by molar-refractivity contribution is -0.143. The summed E-state index contributed by atoms with van der Waals surface area (Å²) in [4.78, 5) is 36.8. The zero-order valence-corrected chi connectivity index (χ0v) is 29.3. The standard InChI is InChI=1S/C35H53N5O6S/c1-22(24-7-9-25(10-8-24)30-23(2)36-21-47-30)37-32(44)28-17-27(42)18-39(28)33(45)31(34(3,4)5)38-29(43)12-16-46-19-26-11-14-35(20-41)13-6-15-40(26)35/h7-10,21-22,26-29,31,38,41-43H,6,11-20H2,1-5H3,(H,37,44)/t22-,26+,27+,28-,29?,31+,35?/m0/s1. The molecule has 0 saturated carbocycles. The number of aliphatic hydroxyl groups excluding tert-OH is 3. The second kappa shape index (κ2) is 15.0. The van der Waals surface area contributed by atoms with Crippen molar-refractivity contribution >= 4 is 23.2 Å². The van der Waals surface area contributed by atoms with E-state index in [-0.39, 0.29) is 49.0 Å². The average molecular weight is 672 g/mol. The fourth-order valence-electron chi connectivity index (χ4n) is 7.56. The van der Waals surface area contributed by atoms with Gasteiger partial charge in [-0.2, -0.15) is 0 Å². The van der Waals surface area contributed by atoms with E-state index in [1.165, 1.54) is 4.90 Å². The monoisotopic (exact) mass is 671 g/mol. The van der Waals surface area contributed by atoms with Crippen molar-refractivity contribution < 1.29 is 29.6 Å². The Morgan fingerprint density at radius 1 is 1.21 bits per heavy atom. The number of nitrogens with zero attached hydrogens (tertiary/aromatic N) is 3. The first-order valence-electron chi connectivity index (χ1n) is 17.0. The van der Waals surface area contributed by atoms with Gasteiger partial charge in [0.1, 0.15) is 12.3 Å². The molecule has 1 aromatic heterocycles. The molecule has 5 N–H and O–H groups in total. The van der Waals surface area contributed by atoms with Crippen LogP contribution in [0.15, 0.2) is 29.8 Å². The Morgan fingerprint density at radius 3 is 2.62 bits per heavy atom. The summed E-state index contributed by atoms with van der Waals surface area (Å²) in [6.07, 6.45) is 2.74. The number of thiazole rings is 1. The van der Waals surface area contributed by atoms with Crippen LogP contribution >= 0.6 is 11.3 Å². The van der Waals surface area contributed by atoms with E-state index in [0.29, 0.717) is 19.6 Å². The van der Waals surface area contributed by atoms with Crippen molar-refractivity contribution in [2.75, 3.05) is 32.9 Å². The van der Waals surface area contributed by atoms with Crippen LogP contribution in [0.3, 0.4) is 0 Å². The van der Waals surface area contributed by atoms with Crippen LogP contribution in [0.2, 0.25) is 0 Å². The highest BCUT2D eigenvalue weighted by molar-refractivity contribution is 7.13. The number of carbonyl (C=O) groups is 2. The quantitative estimate of drug-likeness (QED) is 0.160. The molecular weight excluding hydrogens is 618 g/mol. The van der Waals surface area contributed by atoms with Crippen LogP contribution in [-0.4, -0.2) is 111 Å². The number of amides is 2. The zero-order chi connectivity index (χ0) is 33.9. The number of nitrogens with one attached hydrogen (secondary N) is 2. The largest absolute Gasteiger partial charge is 0.394 e. The number of fused-ring (bicyclic) bond motifs is 1. The third-order valence-electron chi connectivity index (χ3n) is 10.3. The van der Waals surface area contributed by atoms with Gasteiger partial charge in [-0.3, -0.25) is 19.8 Å². The van der Waals surface area contributed by atoms with Gasteiger partial charge in [0.25, 0.3) is 0 Å². The molecule has 3 fully saturated rings. The van der Waals surface area contributed by atoms with Gasteiger partial charge in [0.05, 0.1) is 54.1 Å². The molecule has 0 bridgehead atoms. The van der Waals surface area contributed by atoms with Crippen molar-refractivity contribution in [2.45, 2.75) is 115 Å². The molecule has 0 radical (unpaired) electrons. The predicted octanol–water partition coefficient (Wildman–Crippen LogP) is 2.98. The van der Waals surface area contributed by atoms with Gasteiger partial charge in [0.2, 0.25) is 11.8 Å². The lowest BCUT2D eigenvalue weighted by Gasteiger charge is -2.37. The van der Waals surface area contributed by atoms with Crippen LogP contribution in [0.5, 0.6) is 0 Å². The molecule has 2 aromatic rings. The summed E-state index contributed by atoms with van der Waals surface area (Å²) in [7, 11) is 0. The first-order chi connectivity index (χ1) is 22.3. The van der Waals surface area contributed by atoms with Gasteiger partial charge in [-0.1, -0.05) is 45.0 Å². The highest BCUT2D eigenvalue weighted by atomic mass is 32.1. The summed E-state index contributed by atoms with van der Waals surface area (Å²) in [5.74, 6) is -0.645. The number of hydrogen-bond donors (Lipinski definition) is 5. The van der Waals surface area contributed by atoms with Crippen molar-refractivity contribution in [3.8, 4) is 10.4 Å². The number of benzene rings is 1. The summed E-state index contributed by atoms with van der Waals surface area (Å²) in [6, 6.07) is 6.37. The molecule has 3 aliphatic heterocycles. The number of rotatable bonds is 13. The summed E-state index contributed by atoms with van der Waals surface area (Å²) >= 11 is 1.59. The number of aryl methyl sites for hydroxylation is 1. The Hall–Kier alpha value is -2.45. The third-order valence-corrected chi connectivity index (χ3v) is 11.3. The number of ether oxygens (including phenoxy) is 1. The molecule has 5 rings (SSSR count). The van der Waals surface area contributed by atoms with E-state index < -0.39 is 29.8 Å². The van der Waals surface area contributed by atoms with Crippen molar-refractivity contribution in [1.29, 1.82) is 0 Å². The lowest BCUT2D eigenvalue weighted by atomic mass is 9.85. The summed E-state index contributed by atoms with van der Waals surface area (Å²) < 4.78 is 5.97. The molecule has 2 unspecified atom stereocenters. The van der Waals surface area contributed by atoms with E-state index in [2.05, 4.69) is 20.5 Å². The average Bonchev–Trinajstić information content (AvgIpc) is 3.81. The van der Waals surface area contributed by atoms with E-state index >= 15 is 0 Å². The number of likely N-dealkylation sites (tertiary alicyclic amines) is 1. The fourth-order valence-corrected chi connectivity index (χ4v) is 8.37. The SMILES string of the molecule is Cc1ncsc1-c1ccc([C@H](C)NC(=O)[C@@H]2C[C@@H](O)CN2C(=O)[C@@H](NC(O)CCOC[C@H]2CCC3(CO)CCCN23)C(C)(C)C)cc1. The minimum Gasteiger partial charge on any atom is -0.394 e. The van der Waals surface area contributed by atoms with Crippen LogP contribution < -0.4 is 10.6 Å². The van der Waals surface area contributed by atoms with Crippen LogP contribution in [-0.2, 0) is 14.3 Å². The normalized spacial score (nSPS) is 26.7. The molecule has 3 saturated heterocycles. The second-order valence-corrected chi connectivity index (χ2v) is 15.6. The summed E-state index contributed by atoms with van der Waals surface area (Å²) in [5.41, 5.74) is 4.15. The first kappa shape index (κ1) is 35.8. The predicted molar refractivity (Wildman–Crippen MR) is 182 cm³/mol. The van der Waals surface area contributed by atoms with E-state index in [9.17, 15) is 24.9 Å². The van der Waals surface area contributed by atoms with Crippen LogP contribution in [0.25, 0.3) is 10.4 Å². The maximum atomic E-state index is 14.0. The number of β-amino-alcohol motifs (C(OH)–C–C–N with tert-alkyl or cyclic N) is 1.